The van der Waals surface area contributed by atoms with Crippen LogP contribution < -0.4 is 22.1 Å². The van der Waals surface area contributed by atoms with Crippen molar-refractivity contribution in [2.24, 2.45) is 27.2 Å². The molecule has 0 radical (unpaired) electrons. The van der Waals surface area contributed by atoms with E-state index in [1.807, 2.05) is 24.3 Å². The molecule has 0 aliphatic carbocycles. The minimum Gasteiger partial charge on any atom is -0.372 e. The predicted molar refractivity (Wildman–Crippen MR) is 77.1 cm³/mol. The van der Waals surface area contributed by atoms with Crippen LogP contribution in [-0.2, 0) is 0 Å². The molecule has 1 aromatic rings. The lowest BCUT2D eigenvalue weighted by molar-refractivity contribution is 0.866. The van der Waals surface area contributed by atoms with Gasteiger partial charge in [0, 0.05) is 18.8 Å². The summed E-state index contributed by atoms with van der Waals surface area (Å²) in [5.41, 5.74) is 17.8. The van der Waals surface area contributed by atoms with Gasteiger partial charge in [-0.2, -0.15) is 4.99 Å². The van der Waals surface area contributed by atoms with E-state index < -0.39 is 0 Å². The van der Waals surface area contributed by atoms with Crippen molar-refractivity contribution in [3.63, 3.8) is 0 Å². The highest BCUT2D eigenvalue weighted by atomic mass is 15.1. The molecule has 0 saturated heterocycles. The lowest BCUT2D eigenvalue weighted by Gasteiger charge is -2.20. The Balaban J connectivity index is 2.86. The largest absolute Gasteiger partial charge is 0.372 e. The van der Waals surface area contributed by atoms with Crippen LogP contribution in [0.3, 0.4) is 0 Å². The number of guanidine groups is 2. The molecular weight excluding hydrogens is 228 g/mol. The summed E-state index contributed by atoms with van der Waals surface area (Å²) in [6.45, 7) is 6.17. The van der Waals surface area contributed by atoms with Crippen LogP contribution >= 0.6 is 0 Å². The third kappa shape index (κ3) is 3.97. The lowest BCUT2D eigenvalue weighted by Crippen LogP contribution is -2.26. The zero-order valence-corrected chi connectivity index (χ0v) is 10.8. The molecule has 0 fully saturated rings. The summed E-state index contributed by atoms with van der Waals surface area (Å²) in [4.78, 5) is 9.97. The summed E-state index contributed by atoms with van der Waals surface area (Å²) in [5.74, 6) is -0.0541. The van der Waals surface area contributed by atoms with E-state index in [4.69, 9.17) is 17.2 Å². The quantitative estimate of drug-likeness (QED) is 0.540. The van der Waals surface area contributed by atoms with Crippen LogP contribution in [0, 0.1) is 0 Å². The lowest BCUT2D eigenvalue weighted by atomic mass is 10.2. The monoisotopic (exact) mass is 248 g/mol. The van der Waals surface area contributed by atoms with E-state index >= 15 is 0 Å². The molecule has 0 bridgehead atoms. The summed E-state index contributed by atoms with van der Waals surface area (Å²) in [6.07, 6.45) is 0. The fraction of sp³-hybridized carbons (Fsp3) is 0.333. The first kappa shape index (κ1) is 13.8. The molecule has 0 saturated carbocycles. The molecule has 1 aromatic carbocycles. The molecule has 18 heavy (non-hydrogen) atoms. The highest BCUT2D eigenvalue weighted by molar-refractivity contribution is 5.93. The Bertz CT molecular complexity index is 426. The Hall–Kier alpha value is -2.24. The Morgan fingerprint density at radius 2 is 1.61 bits per heavy atom. The SMILES string of the molecule is CCN(CC)c1ccc(N=C(N)N=C(N)N)cc1. The molecular formula is C12H20N6. The van der Waals surface area contributed by atoms with Crippen LogP contribution in [0.2, 0.25) is 0 Å². The second-order valence-corrected chi connectivity index (χ2v) is 3.70. The summed E-state index contributed by atoms with van der Waals surface area (Å²) < 4.78 is 0. The van der Waals surface area contributed by atoms with Gasteiger partial charge in [0.05, 0.1) is 5.69 Å². The van der Waals surface area contributed by atoms with Crippen LogP contribution in [0.25, 0.3) is 0 Å². The van der Waals surface area contributed by atoms with E-state index in [-0.39, 0.29) is 11.9 Å². The van der Waals surface area contributed by atoms with E-state index in [1.54, 1.807) is 0 Å². The maximum Gasteiger partial charge on any atom is 0.223 e. The molecule has 0 unspecified atom stereocenters. The number of anilines is 1. The third-order valence-electron chi connectivity index (χ3n) is 2.47. The normalized spacial score (nSPS) is 11.1. The number of rotatable bonds is 4. The van der Waals surface area contributed by atoms with Gasteiger partial charge in [-0.15, -0.1) is 0 Å². The Morgan fingerprint density at radius 1 is 1.06 bits per heavy atom. The summed E-state index contributed by atoms with van der Waals surface area (Å²) in [6, 6.07) is 7.74. The van der Waals surface area contributed by atoms with Gasteiger partial charge in [0.1, 0.15) is 0 Å². The van der Waals surface area contributed by atoms with Gasteiger partial charge in [-0.25, -0.2) is 4.99 Å². The van der Waals surface area contributed by atoms with Crippen LogP contribution in [0.1, 0.15) is 13.8 Å². The Morgan fingerprint density at radius 3 is 2.06 bits per heavy atom. The molecule has 0 amide bonds. The maximum atomic E-state index is 5.55. The van der Waals surface area contributed by atoms with Crippen molar-refractivity contribution < 1.29 is 0 Å². The average Bonchev–Trinajstić information content (AvgIpc) is 2.31. The Labute approximate surface area is 107 Å². The van der Waals surface area contributed by atoms with E-state index in [1.165, 1.54) is 0 Å². The molecule has 0 aliphatic rings. The van der Waals surface area contributed by atoms with Crippen LogP contribution in [0.5, 0.6) is 0 Å². The summed E-state index contributed by atoms with van der Waals surface area (Å²) in [7, 11) is 0. The van der Waals surface area contributed by atoms with E-state index in [0.717, 1.165) is 18.8 Å². The number of nitrogens with zero attached hydrogens (tertiary/aromatic N) is 3. The molecule has 0 aromatic heterocycles. The summed E-state index contributed by atoms with van der Waals surface area (Å²) in [5, 5.41) is 0. The molecule has 0 spiro atoms. The maximum absolute atomic E-state index is 5.55. The first-order chi connectivity index (χ1) is 8.56. The summed E-state index contributed by atoms with van der Waals surface area (Å²) >= 11 is 0. The number of aliphatic imine (C=N–C) groups is 2. The van der Waals surface area contributed by atoms with Gasteiger partial charge in [-0.1, -0.05) is 0 Å². The molecule has 0 atom stereocenters. The zero-order chi connectivity index (χ0) is 13.5. The molecule has 6 heteroatoms. The van der Waals surface area contributed by atoms with Crippen molar-refractivity contribution in [1.82, 2.24) is 0 Å². The fourth-order valence-corrected chi connectivity index (χ4v) is 1.62. The number of benzene rings is 1. The average molecular weight is 248 g/mol. The van der Waals surface area contributed by atoms with E-state index in [2.05, 4.69) is 28.7 Å². The zero-order valence-electron chi connectivity index (χ0n) is 10.8. The minimum absolute atomic E-state index is 0.0468. The van der Waals surface area contributed by atoms with Crippen LogP contribution in [0.15, 0.2) is 34.3 Å². The van der Waals surface area contributed by atoms with Crippen molar-refractivity contribution in [1.29, 1.82) is 0 Å². The van der Waals surface area contributed by atoms with Gasteiger partial charge in [-0.05, 0) is 38.1 Å². The van der Waals surface area contributed by atoms with Gasteiger partial charge in [0.2, 0.25) is 5.96 Å². The van der Waals surface area contributed by atoms with Gasteiger partial charge >= 0.3 is 0 Å². The van der Waals surface area contributed by atoms with Gasteiger partial charge in [0.25, 0.3) is 0 Å². The molecule has 98 valence electrons. The molecule has 6 nitrogen and oxygen atoms in total. The second-order valence-electron chi connectivity index (χ2n) is 3.70. The third-order valence-corrected chi connectivity index (χ3v) is 2.47. The molecule has 0 aliphatic heterocycles. The van der Waals surface area contributed by atoms with Crippen molar-refractivity contribution in [2.45, 2.75) is 13.8 Å². The standard InChI is InChI=1S/C12H20N6/c1-3-18(4-2)10-7-5-9(6-8-10)16-12(15)17-11(13)14/h5-8H,3-4H2,1-2H3,(H6,13,14,15,16,17). The Kier molecular flexibility index (Phi) is 4.98. The number of nitrogens with two attached hydrogens (primary N) is 3. The second kappa shape index (κ2) is 6.48. The van der Waals surface area contributed by atoms with Crippen LogP contribution in [-0.4, -0.2) is 25.0 Å². The van der Waals surface area contributed by atoms with Gasteiger partial charge < -0.3 is 22.1 Å². The first-order valence-electron chi connectivity index (χ1n) is 5.85. The smallest absolute Gasteiger partial charge is 0.223 e. The first-order valence-corrected chi connectivity index (χ1v) is 5.85. The van der Waals surface area contributed by atoms with E-state index in [9.17, 15) is 0 Å². The molecule has 6 N–H and O–H groups in total. The predicted octanol–water partition coefficient (Wildman–Crippen LogP) is 0.752. The van der Waals surface area contributed by atoms with Crippen molar-refractivity contribution in [3.8, 4) is 0 Å². The molecule has 0 heterocycles. The number of hydrogen-bond acceptors (Lipinski definition) is 2. The van der Waals surface area contributed by atoms with Gasteiger partial charge in [0.15, 0.2) is 5.96 Å². The molecule has 1 rings (SSSR count). The fourth-order valence-electron chi connectivity index (χ4n) is 1.62. The van der Waals surface area contributed by atoms with E-state index in [0.29, 0.717) is 5.69 Å². The van der Waals surface area contributed by atoms with Crippen LogP contribution in [0.4, 0.5) is 11.4 Å². The van der Waals surface area contributed by atoms with Gasteiger partial charge in [-0.3, -0.25) is 0 Å². The van der Waals surface area contributed by atoms with Crippen molar-refractivity contribution in [2.75, 3.05) is 18.0 Å². The highest BCUT2D eigenvalue weighted by Gasteiger charge is 2.01. The van der Waals surface area contributed by atoms with Crippen molar-refractivity contribution >= 4 is 23.3 Å². The highest BCUT2D eigenvalue weighted by Crippen LogP contribution is 2.19. The minimum atomic E-state index is -0.101. The number of hydrogen-bond donors (Lipinski definition) is 3. The topological polar surface area (TPSA) is 106 Å². The van der Waals surface area contributed by atoms with Crippen molar-refractivity contribution in [3.05, 3.63) is 24.3 Å².